The summed E-state index contributed by atoms with van der Waals surface area (Å²) in [6.45, 7) is 0.722. The minimum Gasteiger partial charge on any atom is -0.457 e. The number of hydrogen-bond acceptors (Lipinski definition) is 5. The Morgan fingerprint density at radius 2 is 1.77 bits per heavy atom. The van der Waals surface area contributed by atoms with Gasteiger partial charge >= 0.3 is 0 Å². The quantitative estimate of drug-likeness (QED) is 0.525. The van der Waals surface area contributed by atoms with Gasteiger partial charge in [-0.3, -0.25) is 4.68 Å². The van der Waals surface area contributed by atoms with E-state index in [0.717, 1.165) is 29.4 Å². The van der Waals surface area contributed by atoms with E-state index >= 15 is 0 Å². The summed E-state index contributed by atoms with van der Waals surface area (Å²) >= 11 is 16.4. The molecular weight excluding hydrogens is 409 g/mol. The van der Waals surface area contributed by atoms with Gasteiger partial charge in [-0.15, -0.1) is 23.5 Å². The lowest BCUT2D eigenvalue weighted by Gasteiger charge is -2.28. The monoisotopic (exact) mass is 423 g/mol. The van der Waals surface area contributed by atoms with Crippen molar-refractivity contribution < 1.29 is 4.74 Å². The van der Waals surface area contributed by atoms with Crippen LogP contribution in [0.15, 0.2) is 55.1 Å². The maximum Gasteiger partial charge on any atom is 0.137 e. The van der Waals surface area contributed by atoms with Crippen molar-refractivity contribution in [2.24, 2.45) is 0 Å². The summed E-state index contributed by atoms with van der Waals surface area (Å²) in [5.74, 6) is 3.59. The summed E-state index contributed by atoms with van der Waals surface area (Å²) in [5.41, 5.74) is 1.09. The van der Waals surface area contributed by atoms with Gasteiger partial charge in [-0.1, -0.05) is 29.3 Å². The van der Waals surface area contributed by atoms with Crippen LogP contribution in [0.25, 0.3) is 0 Å². The Labute approximate surface area is 170 Å². The standard InChI is InChI=1S/C18H15Cl2N3OS2/c19-13-1-3-14(4-2-13)24-15-5-6-16(17(20)9-15)18(25-7-8-26-18)10-23-12-21-11-22-23/h1-6,9,11-12H,7-8,10H2. The lowest BCUT2D eigenvalue weighted by atomic mass is 10.1. The largest absolute Gasteiger partial charge is 0.457 e. The molecule has 0 saturated carbocycles. The Morgan fingerprint density at radius 3 is 2.42 bits per heavy atom. The number of nitrogens with zero attached hydrogens (tertiary/aromatic N) is 3. The van der Waals surface area contributed by atoms with Crippen molar-refractivity contribution in [2.75, 3.05) is 11.5 Å². The Balaban J connectivity index is 1.60. The first kappa shape index (κ1) is 18.0. The summed E-state index contributed by atoms with van der Waals surface area (Å²) in [7, 11) is 0. The molecule has 1 fully saturated rings. The first-order chi connectivity index (χ1) is 12.6. The first-order valence-electron chi connectivity index (χ1n) is 7.98. The molecule has 2 heterocycles. The smallest absolute Gasteiger partial charge is 0.137 e. The van der Waals surface area contributed by atoms with E-state index in [9.17, 15) is 0 Å². The zero-order valence-electron chi connectivity index (χ0n) is 13.6. The molecule has 1 aliphatic rings. The maximum atomic E-state index is 6.66. The summed E-state index contributed by atoms with van der Waals surface area (Å²) in [4.78, 5) is 4.05. The molecule has 3 aromatic rings. The van der Waals surface area contributed by atoms with Crippen LogP contribution in [0.2, 0.25) is 10.0 Å². The second-order valence-electron chi connectivity index (χ2n) is 5.74. The number of halogens is 2. The average molecular weight is 424 g/mol. The van der Waals surface area contributed by atoms with Gasteiger partial charge in [-0.05, 0) is 42.0 Å². The van der Waals surface area contributed by atoms with Crippen LogP contribution in [0.3, 0.4) is 0 Å². The second kappa shape index (κ2) is 7.72. The van der Waals surface area contributed by atoms with Crippen LogP contribution in [-0.2, 0) is 10.6 Å². The van der Waals surface area contributed by atoms with E-state index in [2.05, 4.69) is 16.1 Å². The predicted molar refractivity (Wildman–Crippen MR) is 110 cm³/mol. The molecule has 8 heteroatoms. The van der Waals surface area contributed by atoms with E-state index in [1.807, 2.05) is 52.5 Å². The Morgan fingerprint density at radius 1 is 1.04 bits per heavy atom. The van der Waals surface area contributed by atoms with Gasteiger partial charge in [-0.25, -0.2) is 4.98 Å². The van der Waals surface area contributed by atoms with Crippen molar-refractivity contribution in [3.05, 3.63) is 70.7 Å². The number of aromatic nitrogens is 3. The maximum absolute atomic E-state index is 6.66. The van der Waals surface area contributed by atoms with Gasteiger partial charge in [0.15, 0.2) is 0 Å². The van der Waals surface area contributed by atoms with Gasteiger partial charge in [0.05, 0.1) is 6.54 Å². The Kier molecular flexibility index (Phi) is 5.36. The van der Waals surface area contributed by atoms with Crippen LogP contribution in [0.5, 0.6) is 11.5 Å². The van der Waals surface area contributed by atoms with E-state index in [1.165, 1.54) is 0 Å². The Hall–Kier alpha value is -1.34. The van der Waals surface area contributed by atoms with Gasteiger partial charge in [0.2, 0.25) is 0 Å². The average Bonchev–Trinajstić information content (AvgIpc) is 3.30. The molecule has 0 spiro atoms. The number of hydrogen-bond donors (Lipinski definition) is 0. The number of thioether (sulfide) groups is 2. The fourth-order valence-corrected chi connectivity index (χ4v) is 6.66. The minimum atomic E-state index is -0.163. The summed E-state index contributed by atoms with van der Waals surface area (Å²) in [6, 6.07) is 13.1. The lowest BCUT2D eigenvalue weighted by molar-refractivity contribution is 0.482. The molecule has 4 nitrogen and oxygen atoms in total. The van der Waals surface area contributed by atoms with Crippen LogP contribution in [0.4, 0.5) is 0 Å². The molecule has 1 saturated heterocycles. The van der Waals surface area contributed by atoms with Crippen LogP contribution in [0.1, 0.15) is 5.56 Å². The molecular formula is C18H15Cl2N3OS2. The molecule has 1 aromatic heterocycles. The molecule has 0 N–H and O–H groups in total. The zero-order valence-corrected chi connectivity index (χ0v) is 16.8. The van der Waals surface area contributed by atoms with E-state index in [0.29, 0.717) is 15.8 Å². The van der Waals surface area contributed by atoms with Crippen molar-refractivity contribution in [3.63, 3.8) is 0 Å². The molecule has 0 radical (unpaired) electrons. The predicted octanol–water partition coefficient (Wildman–Crippen LogP) is 5.71. The third-order valence-electron chi connectivity index (χ3n) is 3.99. The van der Waals surface area contributed by atoms with E-state index in [-0.39, 0.29) is 4.08 Å². The number of ether oxygens (including phenoxy) is 1. The van der Waals surface area contributed by atoms with Crippen molar-refractivity contribution in [2.45, 2.75) is 10.6 Å². The summed E-state index contributed by atoms with van der Waals surface area (Å²) < 4.78 is 7.58. The fourth-order valence-electron chi connectivity index (χ4n) is 2.82. The number of rotatable bonds is 5. The van der Waals surface area contributed by atoms with Crippen molar-refractivity contribution in [1.29, 1.82) is 0 Å². The van der Waals surface area contributed by atoms with Crippen LogP contribution in [-0.4, -0.2) is 26.3 Å². The molecule has 0 bridgehead atoms. The van der Waals surface area contributed by atoms with Crippen molar-refractivity contribution >= 4 is 46.7 Å². The highest BCUT2D eigenvalue weighted by Gasteiger charge is 2.40. The van der Waals surface area contributed by atoms with Gasteiger partial charge in [-0.2, -0.15) is 5.10 Å². The highest BCUT2D eigenvalue weighted by Crippen LogP contribution is 2.55. The SMILES string of the molecule is Clc1ccc(Oc2ccc(C3(Cn4cncn4)SCCS3)c(Cl)c2)cc1. The minimum absolute atomic E-state index is 0.163. The molecule has 0 aliphatic carbocycles. The van der Waals surface area contributed by atoms with E-state index in [1.54, 1.807) is 24.8 Å². The highest BCUT2D eigenvalue weighted by atomic mass is 35.5. The third kappa shape index (κ3) is 3.83. The first-order valence-corrected chi connectivity index (χ1v) is 10.7. The molecule has 134 valence electrons. The van der Waals surface area contributed by atoms with Gasteiger partial charge < -0.3 is 4.74 Å². The van der Waals surface area contributed by atoms with Crippen molar-refractivity contribution in [1.82, 2.24) is 14.8 Å². The highest BCUT2D eigenvalue weighted by molar-refractivity contribution is 8.20. The van der Waals surface area contributed by atoms with Gasteiger partial charge in [0.25, 0.3) is 0 Å². The van der Waals surface area contributed by atoms with Gasteiger partial charge in [0, 0.05) is 21.6 Å². The molecule has 4 rings (SSSR count). The molecule has 1 aliphatic heterocycles. The normalized spacial score (nSPS) is 15.9. The Bertz CT molecular complexity index is 882. The van der Waals surface area contributed by atoms with Crippen LogP contribution < -0.4 is 4.74 Å². The molecule has 26 heavy (non-hydrogen) atoms. The molecule has 0 atom stereocenters. The summed E-state index contributed by atoms with van der Waals surface area (Å²) in [5, 5.41) is 5.63. The fraction of sp³-hybridized carbons (Fsp3) is 0.222. The van der Waals surface area contributed by atoms with E-state index < -0.39 is 0 Å². The van der Waals surface area contributed by atoms with Crippen LogP contribution >= 0.6 is 46.7 Å². The van der Waals surface area contributed by atoms with Crippen molar-refractivity contribution in [3.8, 4) is 11.5 Å². The second-order valence-corrected chi connectivity index (χ2v) is 9.63. The molecule has 2 aromatic carbocycles. The number of benzene rings is 2. The lowest BCUT2D eigenvalue weighted by Crippen LogP contribution is -2.23. The summed E-state index contributed by atoms with van der Waals surface area (Å²) in [6.07, 6.45) is 3.30. The molecule has 0 amide bonds. The van der Waals surface area contributed by atoms with E-state index in [4.69, 9.17) is 27.9 Å². The van der Waals surface area contributed by atoms with Crippen LogP contribution in [0, 0.1) is 0 Å². The van der Waals surface area contributed by atoms with Gasteiger partial charge in [0.1, 0.15) is 28.2 Å². The zero-order chi connectivity index (χ0) is 18.0. The molecule has 0 unspecified atom stereocenters. The topological polar surface area (TPSA) is 39.9 Å². The third-order valence-corrected chi connectivity index (χ3v) is 7.97.